The minimum atomic E-state index is -4.90. The van der Waals surface area contributed by atoms with E-state index in [0.717, 1.165) is 4.90 Å². The summed E-state index contributed by atoms with van der Waals surface area (Å²) in [6.45, 7) is -0.239. The molecule has 26 heavy (non-hydrogen) atoms. The van der Waals surface area contributed by atoms with E-state index >= 15 is 0 Å². The number of oxazole rings is 1. The average molecular weight is 371 g/mol. The van der Waals surface area contributed by atoms with Crippen molar-refractivity contribution in [1.29, 1.82) is 0 Å². The number of anilines is 1. The minimum absolute atomic E-state index is 0.119. The van der Waals surface area contributed by atoms with Crippen molar-refractivity contribution in [1.82, 2.24) is 9.47 Å². The van der Waals surface area contributed by atoms with Crippen LogP contribution in [0.5, 0.6) is 0 Å². The van der Waals surface area contributed by atoms with Gasteiger partial charge in [-0.05, 0) is 31.0 Å². The molecule has 1 fully saturated rings. The Morgan fingerprint density at radius 2 is 1.88 bits per heavy atom. The smallest absolute Gasteiger partial charge is 0.408 e. The highest BCUT2D eigenvalue weighted by Gasteiger charge is 2.43. The van der Waals surface area contributed by atoms with Crippen molar-refractivity contribution in [2.24, 2.45) is 13.0 Å². The van der Waals surface area contributed by atoms with Crippen LogP contribution in [0.4, 0.5) is 18.9 Å². The summed E-state index contributed by atoms with van der Waals surface area (Å²) in [7, 11) is 1.53. The van der Waals surface area contributed by atoms with E-state index in [-0.39, 0.29) is 31.8 Å². The first-order chi connectivity index (χ1) is 12.2. The van der Waals surface area contributed by atoms with Crippen molar-refractivity contribution in [2.75, 3.05) is 18.4 Å². The van der Waals surface area contributed by atoms with Crippen molar-refractivity contribution in [3.8, 4) is 0 Å². The van der Waals surface area contributed by atoms with Gasteiger partial charge < -0.3 is 14.6 Å². The number of halogens is 3. The Morgan fingerprint density at radius 1 is 1.23 bits per heavy atom. The van der Waals surface area contributed by atoms with Crippen LogP contribution < -0.4 is 11.1 Å². The molecule has 1 N–H and O–H groups in total. The third kappa shape index (κ3) is 3.44. The number of nitrogens with zero attached hydrogens (tertiary/aromatic N) is 2. The number of aromatic nitrogens is 1. The number of fused-ring (bicyclic) bond motifs is 1. The van der Waals surface area contributed by atoms with Gasteiger partial charge in [-0.1, -0.05) is 0 Å². The number of hydrogen-bond donors (Lipinski definition) is 1. The summed E-state index contributed by atoms with van der Waals surface area (Å²) in [6.07, 6.45) is -4.59. The van der Waals surface area contributed by atoms with Crippen LogP contribution in [0.3, 0.4) is 0 Å². The minimum Gasteiger partial charge on any atom is -0.408 e. The van der Waals surface area contributed by atoms with Crippen molar-refractivity contribution in [2.45, 2.75) is 19.0 Å². The molecule has 2 heterocycles. The third-order valence-electron chi connectivity index (χ3n) is 4.45. The number of aryl methyl sites for hydroxylation is 1. The van der Waals surface area contributed by atoms with E-state index in [1.54, 1.807) is 18.2 Å². The lowest BCUT2D eigenvalue weighted by atomic mass is 9.95. The van der Waals surface area contributed by atoms with Crippen LogP contribution in [-0.4, -0.2) is 40.5 Å². The lowest BCUT2D eigenvalue weighted by Crippen LogP contribution is -2.46. The third-order valence-corrected chi connectivity index (χ3v) is 4.45. The molecule has 1 aromatic carbocycles. The maximum absolute atomic E-state index is 12.4. The molecule has 3 rings (SSSR count). The fraction of sp³-hybridized carbons (Fsp3) is 0.438. The van der Waals surface area contributed by atoms with Gasteiger partial charge in [-0.15, -0.1) is 0 Å². The van der Waals surface area contributed by atoms with Crippen LogP contribution in [0.25, 0.3) is 11.1 Å². The summed E-state index contributed by atoms with van der Waals surface area (Å²) in [5, 5.41) is 2.69. The topological polar surface area (TPSA) is 84.6 Å². The molecule has 0 atom stereocenters. The monoisotopic (exact) mass is 371 g/mol. The molecule has 1 aliphatic rings. The zero-order chi connectivity index (χ0) is 19.1. The molecule has 1 aromatic heterocycles. The number of alkyl halides is 3. The van der Waals surface area contributed by atoms with Crippen LogP contribution in [0, 0.1) is 5.92 Å². The van der Waals surface area contributed by atoms with Gasteiger partial charge in [0.05, 0.1) is 5.52 Å². The molecule has 0 radical (unpaired) electrons. The van der Waals surface area contributed by atoms with E-state index in [9.17, 15) is 27.6 Å². The van der Waals surface area contributed by atoms with Crippen molar-refractivity contribution >= 4 is 28.6 Å². The lowest BCUT2D eigenvalue weighted by Gasteiger charge is -2.31. The Labute approximate surface area is 145 Å². The maximum atomic E-state index is 12.4. The molecule has 2 amide bonds. The highest BCUT2D eigenvalue weighted by molar-refractivity contribution is 5.94. The largest absolute Gasteiger partial charge is 0.471 e. The lowest BCUT2D eigenvalue weighted by molar-refractivity contribution is -0.186. The quantitative estimate of drug-likeness (QED) is 0.874. The Balaban J connectivity index is 1.64. The fourth-order valence-corrected chi connectivity index (χ4v) is 2.97. The average Bonchev–Trinajstić information content (AvgIpc) is 2.88. The number of likely N-dealkylation sites (tertiary alicyclic amines) is 1. The van der Waals surface area contributed by atoms with Crippen molar-refractivity contribution < 1.29 is 27.2 Å². The van der Waals surface area contributed by atoms with Crippen molar-refractivity contribution in [3.05, 3.63) is 28.7 Å². The Kier molecular flexibility index (Phi) is 4.51. The van der Waals surface area contributed by atoms with Crippen molar-refractivity contribution in [3.63, 3.8) is 0 Å². The van der Waals surface area contributed by atoms with Gasteiger partial charge in [-0.25, -0.2) is 4.79 Å². The van der Waals surface area contributed by atoms with E-state index in [4.69, 9.17) is 4.42 Å². The normalized spacial score (nSPS) is 16.1. The van der Waals surface area contributed by atoms with Crippen LogP contribution in [0.1, 0.15) is 12.8 Å². The molecule has 0 saturated carbocycles. The highest BCUT2D eigenvalue weighted by atomic mass is 19.4. The molecule has 0 spiro atoms. The predicted molar refractivity (Wildman–Crippen MR) is 85.4 cm³/mol. The van der Waals surface area contributed by atoms with Gasteiger partial charge in [0.1, 0.15) is 0 Å². The number of piperidine rings is 1. The first-order valence-electron chi connectivity index (χ1n) is 7.93. The first kappa shape index (κ1) is 18.0. The van der Waals surface area contributed by atoms with E-state index in [0.29, 0.717) is 16.8 Å². The molecule has 1 saturated heterocycles. The number of amides is 2. The van der Waals surface area contributed by atoms with Gasteiger partial charge >= 0.3 is 17.8 Å². The SMILES string of the molecule is Cn1c(=O)oc2ccc(NC(=O)C3CCN(C(=O)C(F)(F)F)CC3)cc21. The molecule has 140 valence electrons. The molecular weight excluding hydrogens is 355 g/mol. The molecular formula is C16H16F3N3O4. The summed E-state index contributed by atoms with van der Waals surface area (Å²) in [6, 6.07) is 4.71. The highest BCUT2D eigenvalue weighted by Crippen LogP contribution is 2.25. The maximum Gasteiger partial charge on any atom is 0.471 e. The Hall–Kier alpha value is -2.78. The number of carbonyl (C=O) groups is 2. The molecule has 7 nitrogen and oxygen atoms in total. The van der Waals surface area contributed by atoms with Gasteiger partial charge in [0.25, 0.3) is 0 Å². The zero-order valence-electron chi connectivity index (χ0n) is 13.8. The summed E-state index contributed by atoms with van der Waals surface area (Å²) in [4.78, 5) is 35.7. The molecule has 0 bridgehead atoms. The van der Waals surface area contributed by atoms with E-state index in [2.05, 4.69) is 5.32 Å². The van der Waals surface area contributed by atoms with Crippen LogP contribution in [0.2, 0.25) is 0 Å². The van der Waals surface area contributed by atoms with E-state index in [1.807, 2.05) is 0 Å². The number of benzene rings is 1. The van der Waals surface area contributed by atoms with Gasteiger partial charge in [-0.3, -0.25) is 14.2 Å². The van der Waals surface area contributed by atoms with Crippen LogP contribution >= 0.6 is 0 Å². The number of rotatable bonds is 2. The summed E-state index contributed by atoms with van der Waals surface area (Å²) >= 11 is 0. The molecule has 10 heteroatoms. The summed E-state index contributed by atoms with van der Waals surface area (Å²) < 4.78 is 43.6. The Bertz CT molecular complexity index is 908. The second kappa shape index (κ2) is 6.50. The molecule has 0 aliphatic carbocycles. The predicted octanol–water partition coefficient (Wildman–Crippen LogP) is 1.87. The van der Waals surface area contributed by atoms with E-state index < -0.39 is 23.8 Å². The summed E-state index contributed by atoms with van der Waals surface area (Å²) in [5.74, 6) is -3.22. The standard InChI is InChI=1S/C16H16F3N3O4/c1-21-11-8-10(2-3-12(11)26-15(21)25)20-13(23)9-4-6-22(7-5-9)14(24)16(17,18)19/h2-3,8-9H,4-7H2,1H3,(H,20,23). The Morgan fingerprint density at radius 3 is 2.50 bits per heavy atom. The number of hydrogen-bond acceptors (Lipinski definition) is 4. The van der Waals surface area contributed by atoms with Gasteiger partial charge in [0.15, 0.2) is 5.58 Å². The number of nitrogens with one attached hydrogen (secondary N) is 1. The van der Waals surface area contributed by atoms with E-state index in [1.165, 1.54) is 11.6 Å². The number of carbonyl (C=O) groups excluding carboxylic acids is 2. The fourth-order valence-electron chi connectivity index (χ4n) is 2.97. The second-order valence-electron chi connectivity index (χ2n) is 6.16. The molecule has 2 aromatic rings. The zero-order valence-corrected chi connectivity index (χ0v) is 13.8. The van der Waals surface area contributed by atoms with Gasteiger partial charge in [0, 0.05) is 31.7 Å². The molecule has 0 unspecified atom stereocenters. The van der Waals surface area contributed by atoms with Gasteiger partial charge in [0.2, 0.25) is 5.91 Å². The summed E-state index contributed by atoms with van der Waals surface area (Å²) in [5.41, 5.74) is 1.35. The van der Waals surface area contributed by atoms with Crippen LogP contribution in [-0.2, 0) is 16.6 Å². The first-order valence-corrected chi connectivity index (χ1v) is 7.93. The van der Waals surface area contributed by atoms with Crippen LogP contribution in [0.15, 0.2) is 27.4 Å². The van der Waals surface area contributed by atoms with Gasteiger partial charge in [-0.2, -0.15) is 13.2 Å². The second-order valence-corrected chi connectivity index (χ2v) is 6.16. The molecule has 1 aliphatic heterocycles.